The number of thiol groups is 1. The Kier molecular flexibility index (Phi) is 3.02. The lowest BCUT2D eigenvalue weighted by Crippen LogP contribution is -2.26. The first-order valence-corrected chi connectivity index (χ1v) is 6.59. The molecule has 0 N–H and O–H groups in total. The smallest absolute Gasteiger partial charge is 0.229 e. The minimum atomic E-state index is 0.0979. The van der Waals surface area contributed by atoms with Gasteiger partial charge in [0.25, 0.3) is 0 Å². The Morgan fingerprint density at radius 2 is 2.32 bits per heavy atom. The van der Waals surface area contributed by atoms with Crippen LogP contribution in [0.5, 0.6) is 0 Å². The van der Waals surface area contributed by atoms with Crippen LogP contribution in [0.3, 0.4) is 0 Å². The largest absolute Gasteiger partial charge is 0.296 e. The Morgan fingerprint density at radius 1 is 1.47 bits per heavy atom. The lowest BCUT2D eigenvalue weighted by molar-refractivity contribution is -0.117. The molecule has 3 heterocycles. The monoisotopic (exact) mass is 274 g/mol. The summed E-state index contributed by atoms with van der Waals surface area (Å²) in [7, 11) is 1.84. The molecule has 1 fully saturated rings. The van der Waals surface area contributed by atoms with E-state index in [0.29, 0.717) is 13.0 Å². The van der Waals surface area contributed by atoms with Crippen LogP contribution in [0.2, 0.25) is 0 Å². The lowest BCUT2D eigenvalue weighted by Gasteiger charge is -2.15. The summed E-state index contributed by atoms with van der Waals surface area (Å²) in [6.07, 6.45) is 3.97. The Balaban J connectivity index is 1.96. The Labute approximate surface area is 116 Å². The van der Waals surface area contributed by atoms with Crippen LogP contribution in [0.25, 0.3) is 11.3 Å². The molecule has 1 amide bonds. The molecule has 2 aromatic heterocycles. The zero-order valence-electron chi connectivity index (χ0n) is 10.5. The second kappa shape index (κ2) is 4.70. The number of aryl methyl sites for hydroxylation is 1. The number of nitrogens with zero attached hydrogens (tertiary/aromatic N) is 4. The van der Waals surface area contributed by atoms with Crippen LogP contribution in [-0.4, -0.2) is 32.5 Å². The molecule has 6 heteroatoms. The first kappa shape index (κ1) is 12.2. The van der Waals surface area contributed by atoms with Crippen LogP contribution in [0.1, 0.15) is 6.42 Å². The summed E-state index contributed by atoms with van der Waals surface area (Å²) < 4.78 is 1.73. The normalized spacial score (nSPS) is 19.2. The van der Waals surface area contributed by atoms with Gasteiger partial charge in [-0.05, 0) is 12.1 Å². The predicted molar refractivity (Wildman–Crippen MR) is 76.2 cm³/mol. The molecule has 0 aliphatic carbocycles. The summed E-state index contributed by atoms with van der Waals surface area (Å²) in [5.74, 6) is 0.904. The van der Waals surface area contributed by atoms with E-state index in [1.54, 1.807) is 22.0 Å². The van der Waals surface area contributed by atoms with Crippen molar-refractivity contribution in [3.05, 3.63) is 30.6 Å². The van der Waals surface area contributed by atoms with Gasteiger partial charge in [-0.1, -0.05) is 0 Å². The highest BCUT2D eigenvalue weighted by Gasteiger charge is 2.30. The molecule has 1 saturated heterocycles. The molecule has 0 radical (unpaired) electrons. The maximum absolute atomic E-state index is 11.9. The van der Waals surface area contributed by atoms with E-state index in [-0.39, 0.29) is 11.2 Å². The van der Waals surface area contributed by atoms with E-state index in [1.807, 2.05) is 25.2 Å². The standard InChI is InChI=1S/C13H14N4OS/c1-16-12(17-8-10(19)5-13(17)18)6-11(15-16)9-3-2-4-14-7-9/h2-4,6-7,10,19H,5,8H2,1H3. The summed E-state index contributed by atoms with van der Waals surface area (Å²) in [6.45, 7) is 0.633. The zero-order valence-corrected chi connectivity index (χ0v) is 11.4. The van der Waals surface area contributed by atoms with Crippen LogP contribution in [0.15, 0.2) is 30.6 Å². The van der Waals surface area contributed by atoms with E-state index in [1.165, 1.54) is 0 Å². The fraction of sp³-hybridized carbons (Fsp3) is 0.308. The van der Waals surface area contributed by atoms with Crippen molar-refractivity contribution in [1.82, 2.24) is 14.8 Å². The molecule has 1 unspecified atom stereocenters. The zero-order chi connectivity index (χ0) is 13.4. The van der Waals surface area contributed by atoms with Gasteiger partial charge in [0.05, 0.1) is 5.69 Å². The first-order chi connectivity index (χ1) is 9.15. The van der Waals surface area contributed by atoms with Crippen LogP contribution in [-0.2, 0) is 11.8 Å². The molecule has 1 aliphatic rings. The lowest BCUT2D eigenvalue weighted by atomic mass is 10.2. The average Bonchev–Trinajstić information content (AvgIpc) is 2.93. The van der Waals surface area contributed by atoms with Gasteiger partial charge >= 0.3 is 0 Å². The summed E-state index contributed by atoms with van der Waals surface area (Å²) in [5, 5.41) is 4.54. The molecule has 3 rings (SSSR count). The summed E-state index contributed by atoms with van der Waals surface area (Å²) in [4.78, 5) is 17.7. The van der Waals surface area contributed by atoms with Crippen molar-refractivity contribution in [2.24, 2.45) is 7.05 Å². The van der Waals surface area contributed by atoms with Crippen molar-refractivity contribution in [2.75, 3.05) is 11.4 Å². The van der Waals surface area contributed by atoms with Crippen molar-refractivity contribution >= 4 is 24.4 Å². The van der Waals surface area contributed by atoms with E-state index in [0.717, 1.165) is 17.1 Å². The Morgan fingerprint density at radius 3 is 2.95 bits per heavy atom. The molecule has 0 saturated carbocycles. The van der Waals surface area contributed by atoms with Crippen LogP contribution < -0.4 is 4.90 Å². The van der Waals surface area contributed by atoms with Gasteiger partial charge in [0.15, 0.2) is 0 Å². The molecule has 1 aliphatic heterocycles. The Bertz CT molecular complexity index is 610. The highest BCUT2D eigenvalue weighted by atomic mass is 32.1. The molecule has 0 spiro atoms. The minimum Gasteiger partial charge on any atom is -0.296 e. The molecule has 19 heavy (non-hydrogen) atoms. The van der Waals surface area contributed by atoms with Gasteiger partial charge in [-0.3, -0.25) is 19.4 Å². The topological polar surface area (TPSA) is 51.0 Å². The quantitative estimate of drug-likeness (QED) is 0.845. The number of carbonyl (C=O) groups excluding carboxylic acids is 1. The highest BCUT2D eigenvalue weighted by molar-refractivity contribution is 7.81. The van der Waals surface area contributed by atoms with E-state index < -0.39 is 0 Å². The molecular weight excluding hydrogens is 260 g/mol. The van der Waals surface area contributed by atoms with Crippen LogP contribution in [0, 0.1) is 0 Å². The fourth-order valence-corrected chi connectivity index (χ4v) is 2.60. The molecule has 0 bridgehead atoms. The summed E-state index contributed by atoms with van der Waals surface area (Å²) in [5.41, 5.74) is 1.76. The molecule has 98 valence electrons. The minimum absolute atomic E-state index is 0.0979. The van der Waals surface area contributed by atoms with E-state index >= 15 is 0 Å². The second-order valence-corrected chi connectivity index (χ2v) is 5.35. The maximum atomic E-state index is 11.9. The Hall–Kier alpha value is -1.82. The van der Waals surface area contributed by atoms with Crippen molar-refractivity contribution < 1.29 is 4.79 Å². The van der Waals surface area contributed by atoms with Crippen molar-refractivity contribution in [1.29, 1.82) is 0 Å². The van der Waals surface area contributed by atoms with E-state index in [4.69, 9.17) is 0 Å². The van der Waals surface area contributed by atoms with Gasteiger partial charge in [0, 0.05) is 49.3 Å². The first-order valence-electron chi connectivity index (χ1n) is 6.08. The van der Waals surface area contributed by atoms with Crippen molar-refractivity contribution in [2.45, 2.75) is 11.7 Å². The third-order valence-corrected chi connectivity index (χ3v) is 3.54. The van der Waals surface area contributed by atoms with Gasteiger partial charge in [-0.15, -0.1) is 0 Å². The third-order valence-electron chi connectivity index (χ3n) is 3.19. The number of rotatable bonds is 2. The van der Waals surface area contributed by atoms with Crippen LogP contribution >= 0.6 is 12.6 Å². The number of carbonyl (C=O) groups is 1. The van der Waals surface area contributed by atoms with E-state index in [9.17, 15) is 4.79 Å². The van der Waals surface area contributed by atoms with Gasteiger partial charge in [-0.25, -0.2) is 0 Å². The summed E-state index contributed by atoms with van der Waals surface area (Å²) >= 11 is 4.37. The molecule has 0 aromatic carbocycles. The van der Waals surface area contributed by atoms with Crippen molar-refractivity contribution in [3.63, 3.8) is 0 Å². The summed E-state index contributed by atoms with van der Waals surface area (Å²) in [6, 6.07) is 5.74. The van der Waals surface area contributed by atoms with Crippen molar-refractivity contribution in [3.8, 4) is 11.3 Å². The number of hydrogen-bond acceptors (Lipinski definition) is 4. The van der Waals surface area contributed by atoms with Gasteiger partial charge in [0.2, 0.25) is 5.91 Å². The number of anilines is 1. The number of aromatic nitrogens is 3. The number of amides is 1. The van der Waals surface area contributed by atoms with Crippen LogP contribution in [0.4, 0.5) is 5.82 Å². The second-order valence-electron chi connectivity index (χ2n) is 4.62. The molecule has 1 atom stereocenters. The fourth-order valence-electron chi connectivity index (χ4n) is 2.28. The molecule has 5 nitrogen and oxygen atoms in total. The van der Waals surface area contributed by atoms with Gasteiger partial charge < -0.3 is 0 Å². The maximum Gasteiger partial charge on any atom is 0.229 e. The number of hydrogen-bond donors (Lipinski definition) is 1. The van der Waals surface area contributed by atoms with Gasteiger partial charge in [0.1, 0.15) is 5.82 Å². The predicted octanol–water partition coefficient (Wildman–Crippen LogP) is 1.52. The highest BCUT2D eigenvalue weighted by Crippen LogP contribution is 2.27. The molecular formula is C13H14N4OS. The SMILES string of the molecule is Cn1nc(-c2cccnc2)cc1N1CC(S)CC1=O. The average molecular weight is 274 g/mol. The van der Waals surface area contributed by atoms with Gasteiger partial charge in [-0.2, -0.15) is 17.7 Å². The third kappa shape index (κ3) is 2.23. The number of pyridine rings is 1. The van der Waals surface area contributed by atoms with E-state index in [2.05, 4.69) is 22.7 Å². The molecule has 2 aromatic rings.